The number of nitrogens with one attached hydrogen (secondary N) is 1. The molecule has 0 radical (unpaired) electrons. The van der Waals surface area contributed by atoms with E-state index >= 15 is 0 Å². The van der Waals surface area contributed by atoms with E-state index in [-0.39, 0.29) is 13.2 Å². The van der Waals surface area contributed by atoms with E-state index in [4.69, 9.17) is 4.74 Å². The zero-order valence-corrected chi connectivity index (χ0v) is 11.2. The molecular formula is C11H16N2O4S. The highest BCUT2D eigenvalue weighted by molar-refractivity contribution is 7.09. The predicted molar refractivity (Wildman–Crippen MR) is 66.9 cm³/mol. The Morgan fingerprint density at radius 1 is 1.50 bits per heavy atom. The van der Waals surface area contributed by atoms with Gasteiger partial charge in [0.15, 0.2) is 0 Å². The molecule has 0 bridgehead atoms. The van der Waals surface area contributed by atoms with E-state index in [1.165, 1.54) is 23.3 Å². The predicted octanol–water partition coefficient (Wildman–Crippen LogP) is 1.38. The van der Waals surface area contributed by atoms with Crippen molar-refractivity contribution in [3.63, 3.8) is 0 Å². The maximum absolute atomic E-state index is 11.7. The molecule has 1 aromatic heterocycles. The largest absolute Gasteiger partial charge is 0.450 e. The van der Waals surface area contributed by atoms with Crippen LogP contribution in [0.2, 0.25) is 0 Å². The summed E-state index contributed by atoms with van der Waals surface area (Å²) >= 11 is 1.51. The molecule has 0 saturated heterocycles. The van der Waals surface area contributed by atoms with Gasteiger partial charge in [0.1, 0.15) is 6.54 Å². The average molecular weight is 272 g/mol. The molecule has 0 aromatic carbocycles. The van der Waals surface area contributed by atoms with E-state index in [9.17, 15) is 9.59 Å². The Labute approximate surface area is 109 Å². The molecule has 0 aliphatic heterocycles. The Balaban J connectivity index is 2.62. The van der Waals surface area contributed by atoms with E-state index in [1.54, 1.807) is 6.92 Å². The molecule has 0 aliphatic rings. The van der Waals surface area contributed by atoms with Gasteiger partial charge in [-0.1, -0.05) is 6.07 Å². The number of hydroxylamine groups is 1. The van der Waals surface area contributed by atoms with Crippen molar-refractivity contribution in [1.82, 2.24) is 10.4 Å². The van der Waals surface area contributed by atoms with Gasteiger partial charge in [0.25, 0.3) is 5.91 Å². The van der Waals surface area contributed by atoms with Crippen molar-refractivity contribution in [1.29, 1.82) is 0 Å². The maximum atomic E-state index is 11.7. The fourth-order valence-corrected chi connectivity index (χ4v) is 2.03. The lowest BCUT2D eigenvalue weighted by atomic mass is 10.4. The van der Waals surface area contributed by atoms with Crippen LogP contribution >= 0.6 is 11.3 Å². The number of carbonyl (C=O) groups is 2. The van der Waals surface area contributed by atoms with Crippen molar-refractivity contribution in [2.45, 2.75) is 13.5 Å². The molecule has 100 valence electrons. The lowest BCUT2D eigenvalue weighted by Gasteiger charge is -2.20. The third kappa shape index (κ3) is 4.72. The van der Waals surface area contributed by atoms with Gasteiger partial charge >= 0.3 is 6.09 Å². The van der Waals surface area contributed by atoms with Crippen LogP contribution in [-0.2, 0) is 20.9 Å². The van der Waals surface area contributed by atoms with Gasteiger partial charge in [0.2, 0.25) is 0 Å². The van der Waals surface area contributed by atoms with Crippen LogP contribution in [0.3, 0.4) is 0 Å². The van der Waals surface area contributed by atoms with Crippen LogP contribution in [0.25, 0.3) is 0 Å². The zero-order chi connectivity index (χ0) is 13.4. The second-order valence-corrected chi connectivity index (χ2v) is 4.40. The quantitative estimate of drug-likeness (QED) is 0.794. The summed E-state index contributed by atoms with van der Waals surface area (Å²) in [4.78, 5) is 29.9. The molecule has 2 amide bonds. The van der Waals surface area contributed by atoms with E-state index in [1.807, 2.05) is 17.5 Å². The van der Waals surface area contributed by atoms with Crippen molar-refractivity contribution in [2.75, 3.05) is 20.3 Å². The molecule has 0 spiro atoms. The van der Waals surface area contributed by atoms with Gasteiger partial charge in [0, 0.05) is 4.88 Å². The lowest BCUT2D eigenvalue weighted by molar-refractivity contribution is -0.132. The molecule has 1 N–H and O–H groups in total. The van der Waals surface area contributed by atoms with Crippen molar-refractivity contribution in [3.05, 3.63) is 22.4 Å². The third-order valence-corrected chi connectivity index (χ3v) is 2.86. The highest BCUT2D eigenvalue weighted by Crippen LogP contribution is 2.12. The van der Waals surface area contributed by atoms with Crippen LogP contribution in [0.15, 0.2) is 17.5 Å². The fourth-order valence-electron chi connectivity index (χ4n) is 1.31. The monoisotopic (exact) mass is 272 g/mol. The molecule has 7 heteroatoms. The number of amides is 2. The summed E-state index contributed by atoms with van der Waals surface area (Å²) in [6.45, 7) is 2.22. The standard InChI is InChI=1S/C11H16N2O4S/c1-3-17-11(15)13(8-10(14)12-16-2)7-9-5-4-6-18-9/h4-6H,3,7-8H2,1-2H3,(H,12,14). The van der Waals surface area contributed by atoms with Crippen LogP contribution in [0.4, 0.5) is 4.79 Å². The summed E-state index contributed by atoms with van der Waals surface area (Å²) in [5.74, 6) is -0.401. The van der Waals surface area contributed by atoms with Crippen molar-refractivity contribution in [2.24, 2.45) is 0 Å². The van der Waals surface area contributed by atoms with Crippen LogP contribution in [0.5, 0.6) is 0 Å². The Hall–Kier alpha value is -1.60. The molecule has 0 aliphatic carbocycles. The van der Waals surface area contributed by atoms with Crippen LogP contribution in [-0.4, -0.2) is 37.2 Å². The summed E-state index contributed by atoms with van der Waals surface area (Å²) in [5.41, 5.74) is 2.17. The van der Waals surface area contributed by atoms with Gasteiger partial charge < -0.3 is 4.74 Å². The molecule has 1 heterocycles. The number of rotatable bonds is 6. The van der Waals surface area contributed by atoms with E-state index in [0.29, 0.717) is 6.54 Å². The van der Waals surface area contributed by atoms with Gasteiger partial charge in [-0.05, 0) is 18.4 Å². The number of hydrogen-bond donors (Lipinski definition) is 1. The molecular weight excluding hydrogens is 256 g/mol. The second-order valence-electron chi connectivity index (χ2n) is 3.36. The Kier molecular flexibility index (Phi) is 6.16. The summed E-state index contributed by atoms with van der Waals surface area (Å²) < 4.78 is 4.90. The number of carbonyl (C=O) groups excluding carboxylic acids is 2. The van der Waals surface area contributed by atoms with Crippen molar-refractivity contribution >= 4 is 23.3 Å². The van der Waals surface area contributed by atoms with Crippen LogP contribution in [0, 0.1) is 0 Å². The summed E-state index contributed by atoms with van der Waals surface area (Å²) in [7, 11) is 1.34. The normalized spacial score (nSPS) is 9.89. The van der Waals surface area contributed by atoms with Gasteiger partial charge in [0.05, 0.1) is 20.3 Å². The van der Waals surface area contributed by atoms with Gasteiger partial charge in [-0.15, -0.1) is 11.3 Å². The maximum Gasteiger partial charge on any atom is 0.410 e. The minimum Gasteiger partial charge on any atom is -0.450 e. The second kappa shape index (κ2) is 7.67. The van der Waals surface area contributed by atoms with Gasteiger partial charge in [-0.3, -0.25) is 14.5 Å². The molecule has 1 aromatic rings. The van der Waals surface area contributed by atoms with E-state index in [0.717, 1.165) is 4.88 Å². The molecule has 0 unspecified atom stereocenters. The lowest BCUT2D eigenvalue weighted by Crippen LogP contribution is -2.40. The molecule has 0 saturated carbocycles. The molecule has 0 atom stereocenters. The van der Waals surface area contributed by atoms with Crippen molar-refractivity contribution < 1.29 is 19.2 Å². The first-order valence-electron chi connectivity index (χ1n) is 5.43. The summed E-state index contributed by atoms with van der Waals surface area (Å²) in [6.07, 6.45) is -0.517. The first kappa shape index (κ1) is 14.5. The topological polar surface area (TPSA) is 67.9 Å². The van der Waals surface area contributed by atoms with E-state index < -0.39 is 12.0 Å². The third-order valence-electron chi connectivity index (χ3n) is 2.00. The van der Waals surface area contributed by atoms with E-state index in [2.05, 4.69) is 10.3 Å². The minimum atomic E-state index is -0.517. The number of ether oxygens (including phenoxy) is 1. The van der Waals surface area contributed by atoms with Crippen LogP contribution < -0.4 is 5.48 Å². The first-order valence-corrected chi connectivity index (χ1v) is 6.31. The van der Waals surface area contributed by atoms with Crippen LogP contribution in [0.1, 0.15) is 11.8 Å². The Morgan fingerprint density at radius 3 is 2.83 bits per heavy atom. The minimum absolute atomic E-state index is 0.107. The average Bonchev–Trinajstić information content (AvgIpc) is 2.81. The number of hydrogen-bond acceptors (Lipinski definition) is 5. The van der Waals surface area contributed by atoms with Crippen molar-refractivity contribution in [3.8, 4) is 0 Å². The van der Waals surface area contributed by atoms with Gasteiger partial charge in [-0.25, -0.2) is 10.3 Å². The first-order chi connectivity index (χ1) is 8.67. The number of thiophene rings is 1. The Bertz CT molecular complexity index is 380. The number of nitrogens with zero attached hydrogens (tertiary/aromatic N) is 1. The highest BCUT2D eigenvalue weighted by atomic mass is 32.1. The fraction of sp³-hybridized carbons (Fsp3) is 0.455. The molecule has 0 fully saturated rings. The zero-order valence-electron chi connectivity index (χ0n) is 10.3. The summed E-state index contributed by atoms with van der Waals surface area (Å²) in [6, 6.07) is 3.78. The highest BCUT2D eigenvalue weighted by Gasteiger charge is 2.18. The molecule has 1 rings (SSSR count). The van der Waals surface area contributed by atoms with Gasteiger partial charge in [-0.2, -0.15) is 0 Å². The molecule has 18 heavy (non-hydrogen) atoms. The summed E-state index contributed by atoms with van der Waals surface area (Å²) in [5, 5.41) is 1.91. The Morgan fingerprint density at radius 2 is 2.28 bits per heavy atom. The molecule has 6 nitrogen and oxygen atoms in total. The smallest absolute Gasteiger partial charge is 0.410 e. The SMILES string of the molecule is CCOC(=O)N(CC(=O)NOC)Cc1cccs1.